The monoisotopic (exact) mass is 338 g/mol. The molecule has 25 heavy (non-hydrogen) atoms. The van der Waals surface area contributed by atoms with Crippen LogP contribution in [0.5, 0.6) is 0 Å². The van der Waals surface area contributed by atoms with Gasteiger partial charge in [-0.1, -0.05) is 30.3 Å². The van der Waals surface area contributed by atoms with Crippen molar-refractivity contribution in [1.29, 1.82) is 0 Å². The number of nitrogens with zero attached hydrogens (tertiary/aromatic N) is 4. The van der Waals surface area contributed by atoms with Crippen LogP contribution in [0.1, 0.15) is 43.1 Å². The number of carbonyl (C=O) groups excluding carboxylic acids is 1. The number of aryl methyl sites for hydroxylation is 2. The van der Waals surface area contributed by atoms with Crippen molar-refractivity contribution < 1.29 is 9.32 Å². The van der Waals surface area contributed by atoms with Gasteiger partial charge in [-0.25, -0.2) is 0 Å². The first-order chi connectivity index (χ1) is 12.2. The second-order valence-corrected chi connectivity index (χ2v) is 6.60. The molecule has 1 aliphatic rings. The van der Waals surface area contributed by atoms with Crippen LogP contribution in [0.25, 0.3) is 10.9 Å². The van der Waals surface area contributed by atoms with Crippen LogP contribution in [0, 0.1) is 6.92 Å². The second-order valence-electron chi connectivity index (χ2n) is 6.60. The highest BCUT2D eigenvalue weighted by Gasteiger charge is 2.33. The van der Waals surface area contributed by atoms with E-state index < -0.39 is 0 Å². The molecule has 1 fully saturated rings. The molecule has 3 aromatic rings. The average Bonchev–Trinajstić information content (AvgIpc) is 3.34. The Morgan fingerprint density at radius 2 is 2.20 bits per heavy atom. The van der Waals surface area contributed by atoms with Crippen LogP contribution in [0.2, 0.25) is 0 Å². The van der Waals surface area contributed by atoms with Crippen LogP contribution >= 0.6 is 0 Å². The van der Waals surface area contributed by atoms with Crippen molar-refractivity contribution in [2.24, 2.45) is 0 Å². The number of hydrogen-bond donors (Lipinski definition) is 0. The SMILES string of the molecule is CCc1nc([C@@H]2CCCN2C(=O)Cn2cc(C)c3ccccc32)no1. The smallest absolute Gasteiger partial charge is 0.243 e. The molecular formula is C19H22N4O2. The van der Waals surface area contributed by atoms with Gasteiger partial charge < -0.3 is 14.0 Å². The fourth-order valence-corrected chi connectivity index (χ4v) is 3.68. The number of benzene rings is 1. The normalized spacial score (nSPS) is 17.5. The largest absolute Gasteiger partial charge is 0.339 e. The van der Waals surface area contributed by atoms with E-state index in [0.717, 1.165) is 24.9 Å². The Morgan fingerprint density at radius 3 is 3.00 bits per heavy atom. The van der Waals surface area contributed by atoms with E-state index >= 15 is 0 Å². The second kappa shape index (κ2) is 6.35. The van der Waals surface area contributed by atoms with E-state index in [0.29, 0.717) is 24.7 Å². The Bertz CT molecular complexity index is 911. The number of fused-ring (bicyclic) bond motifs is 1. The van der Waals surface area contributed by atoms with Crippen molar-refractivity contribution >= 4 is 16.8 Å². The molecule has 0 N–H and O–H groups in total. The predicted octanol–water partition coefficient (Wildman–Crippen LogP) is 3.26. The molecule has 1 saturated heterocycles. The van der Waals surface area contributed by atoms with Crippen molar-refractivity contribution in [3.05, 3.63) is 47.7 Å². The number of rotatable bonds is 4. The molecule has 1 atom stereocenters. The Labute approximate surface area is 146 Å². The first-order valence-electron chi connectivity index (χ1n) is 8.83. The van der Waals surface area contributed by atoms with E-state index in [1.165, 1.54) is 10.9 Å². The van der Waals surface area contributed by atoms with E-state index in [1.54, 1.807) is 0 Å². The summed E-state index contributed by atoms with van der Waals surface area (Å²) < 4.78 is 7.27. The minimum atomic E-state index is -0.0699. The molecule has 0 aliphatic carbocycles. The highest BCUT2D eigenvalue weighted by atomic mass is 16.5. The molecule has 0 spiro atoms. The topological polar surface area (TPSA) is 64.2 Å². The molecule has 130 valence electrons. The third-order valence-electron chi connectivity index (χ3n) is 4.95. The maximum absolute atomic E-state index is 12.9. The van der Waals surface area contributed by atoms with Gasteiger partial charge >= 0.3 is 0 Å². The Morgan fingerprint density at radius 1 is 1.36 bits per heavy atom. The zero-order valence-electron chi connectivity index (χ0n) is 14.6. The standard InChI is InChI=1S/C19H22N4O2/c1-3-17-20-19(21-25-17)16-9-6-10-23(16)18(24)12-22-11-13(2)14-7-4-5-8-15(14)22/h4-5,7-8,11,16H,3,6,9-10,12H2,1-2H3/t16-/m0/s1. The zero-order valence-corrected chi connectivity index (χ0v) is 14.6. The van der Waals surface area contributed by atoms with Crippen molar-refractivity contribution in [3.63, 3.8) is 0 Å². The third-order valence-corrected chi connectivity index (χ3v) is 4.95. The summed E-state index contributed by atoms with van der Waals surface area (Å²) in [4.78, 5) is 19.3. The Balaban J connectivity index is 1.57. The summed E-state index contributed by atoms with van der Waals surface area (Å²) in [5, 5.41) is 5.27. The van der Waals surface area contributed by atoms with Crippen LogP contribution < -0.4 is 0 Å². The van der Waals surface area contributed by atoms with E-state index in [1.807, 2.05) is 28.5 Å². The maximum atomic E-state index is 12.9. The Hall–Kier alpha value is -2.63. The molecule has 4 rings (SSSR count). The fraction of sp³-hybridized carbons (Fsp3) is 0.421. The molecule has 1 aromatic carbocycles. The maximum Gasteiger partial charge on any atom is 0.243 e. The van der Waals surface area contributed by atoms with Gasteiger partial charge in [-0.2, -0.15) is 4.98 Å². The molecule has 0 radical (unpaired) electrons. The quantitative estimate of drug-likeness (QED) is 0.732. The summed E-state index contributed by atoms with van der Waals surface area (Å²) in [6.07, 6.45) is 4.62. The minimum Gasteiger partial charge on any atom is -0.339 e. The van der Waals surface area contributed by atoms with Crippen LogP contribution in [-0.4, -0.2) is 32.1 Å². The Kier molecular flexibility index (Phi) is 4.03. The van der Waals surface area contributed by atoms with Gasteiger partial charge in [-0.3, -0.25) is 4.79 Å². The molecule has 6 nitrogen and oxygen atoms in total. The van der Waals surface area contributed by atoms with Crippen LogP contribution in [0.15, 0.2) is 35.0 Å². The van der Waals surface area contributed by atoms with E-state index in [-0.39, 0.29) is 11.9 Å². The molecule has 0 saturated carbocycles. The van der Waals surface area contributed by atoms with Gasteiger partial charge in [-0.05, 0) is 31.4 Å². The number of amides is 1. The lowest BCUT2D eigenvalue weighted by Gasteiger charge is -2.22. The molecule has 3 heterocycles. The van der Waals surface area contributed by atoms with E-state index in [2.05, 4.69) is 35.4 Å². The molecule has 0 bridgehead atoms. The summed E-state index contributed by atoms with van der Waals surface area (Å²) in [5.41, 5.74) is 2.28. The minimum absolute atomic E-state index is 0.0699. The van der Waals surface area contributed by atoms with E-state index in [9.17, 15) is 4.79 Å². The van der Waals surface area contributed by atoms with E-state index in [4.69, 9.17) is 4.52 Å². The summed E-state index contributed by atoms with van der Waals surface area (Å²) in [7, 11) is 0. The highest BCUT2D eigenvalue weighted by molar-refractivity contribution is 5.86. The number of para-hydroxylation sites is 1. The molecule has 0 unspecified atom stereocenters. The van der Waals surface area contributed by atoms with Crippen LogP contribution in [0.3, 0.4) is 0 Å². The first-order valence-corrected chi connectivity index (χ1v) is 8.83. The number of likely N-dealkylation sites (tertiary alicyclic amines) is 1. The van der Waals surface area contributed by atoms with Crippen molar-refractivity contribution in [3.8, 4) is 0 Å². The highest BCUT2D eigenvalue weighted by Crippen LogP contribution is 2.31. The molecule has 6 heteroatoms. The molecule has 1 aliphatic heterocycles. The summed E-state index contributed by atoms with van der Waals surface area (Å²) in [6.45, 7) is 5.14. The van der Waals surface area contributed by atoms with Gasteiger partial charge in [0.15, 0.2) is 5.82 Å². The lowest BCUT2D eigenvalue weighted by Crippen LogP contribution is -2.33. The van der Waals surface area contributed by atoms with Gasteiger partial charge in [0.2, 0.25) is 11.8 Å². The first kappa shape index (κ1) is 15.9. The fourth-order valence-electron chi connectivity index (χ4n) is 3.68. The van der Waals surface area contributed by atoms with Crippen molar-refractivity contribution in [2.45, 2.75) is 45.7 Å². The molecule has 2 aromatic heterocycles. The molecule has 1 amide bonds. The van der Waals surface area contributed by atoms with Gasteiger partial charge in [0, 0.05) is 30.1 Å². The van der Waals surface area contributed by atoms with Gasteiger partial charge in [0.05, 0.1) is 6.04 Å². The summed E-state index contributed by atoms with van der Waals surface area (Å²) >= 11 is 0. The van der Waals surface area contributed by atoms with Gasteiger partial charge in [0.1, 0.15) is 6.54 Å². The van der Waals surface area contributed by atoms with Gasteiger partial charge in [0.25, 0.3) is 0 Å². The van der Waals surface area contributed by atoms with Crippen LogP contribution in [0.4, 0.5) is 0 Å². The molecular weight excluding hydrogens is 316 g/mol. The van der Waals surface area contributed by atoms with Gasteiger partial charge in [-0.15, -0.1) is 0 Å². The third kappa shape index (κ3) is 2.81. The summed E-state index contributed by atoms with van der Waals surface area (Å²) in [5.74, 6) is 1.36. The zero-order chi connectivity index (χ0) is 17.4. The number of hydrogen-bond acceptors (Lipinski definition) is 4. The van der Waals surface area contributed by atoms with Crippen LogP contribution in [-0.2, 0) is 17.8 Å². The average molecular weight is 338 g/mol. The number of aromatic nitrogens is 3. The predicted molar refractivity (Wildman–Crippen MR) is 94.0 cm³/mol. The number of carbonyl (C=O) groups is 1. The van der Waals surface area contributed by atoms with Crippen molar-refractivity contribution in [2.75, 3.05) is 6.54 Å². The lowest BCUT2D eigenvalue weighted by molar-refractivity contribution is -0.132. The lowest BCUT2D eigenvalue weighted by atomic mass is 10.2. The summed E-state index contributed by atoms with van der Waals surface area (Å²) in [6, 6.07) is 8.12. The van der Waals surface area contributed by atoms with Crippen molar-refractivity contribution in [1.82, 2.24) is 19.6 Å².